The molecule has 1 aliphatic rings. The molecule has 0 bridgehead atoms. The predicted molar refractivity (Wildman–Crippen MR) is 75.0 cm³/mol. The highest BCUT2D eigenvalue weighted by molar-refractivity contribution is 5.88. The van der Waals surface area contributed by atoms with Crippen molar-refractivity contribution in [1.29, 1.82) is 0 Å². The molecule has 3 heteroatoms. The quantitative estimate of drug-likeness (QED) is 0.894. The van der Waals surface area contributed by atoms with Crippen molar-refractivity contribution >= 4 is 16.7 Å². The van der Waals surface area contributed by atoms with Gasteiger partial charge in [0.15, 0.2) is 5.58 Å². The van der Waals surface area contributed by atoms with Crippen molar-refractivity contribution in [3.63, 3.8) is 0 Å². The van der Waals surface area contributed by atoms with Gasteiger partial charge in [0.05, 0.1) is 12.0 Å². The smallest absolute Gasteiger partial charge is 0.156 e. The molecule has 0 aliphatic carbocycles. The fraction of sp³-hybridized carbons (Fsp3) is 0.467. The molecule has 3 rings (SSSR count). The average molecular weight is 244 g/mol. The maximum Gasteiger partial charge on any atom is 0.156 e. The van der Waals surface area contributed by atoms with E-state index < -0.39 is 0 Å². The molecule has 2 heterocycles. The molecule has 1 aromatic carbocycles. The van der Waals surface area contributed by atoms with Crippen molar-refractivity contribution in [1.82, 2.24) is 4.90 Å². The lowest BCUT2D eigenvalue weighted by Crippen LogP contribution is -2.34. The monoisotopic (exact) mass is 244 g/mol. The number of likely N-dealkylation sites (N-methyl/N-ethyl adjacent to an activating group) is 1. The minimum absolute atomic E-state index is 0.667. The number of rotatable bonds is 4. The minimum atomic E-state index is 0.667. The van der Waals surface area contributed by atoms with Crippen LogP contribution in [0.1, 0.15) is 19.8 Å². The van der Waals surface area contributed by atoms with E-state index in [0.717, 1.165) is 24.4 Å². The van der Waals surface area contributed by atoms with Gasteiger partial charge < -0.3 is 9.73 Å². The molecule has 1 fully saturated rings. The third-order valence-electron chi connectivity index (χ3n) is 3.91. The summed E-state index contributed by atoms with van der Waals surface area (Å²) < 4.78 is 5.54. The molecule has 1 atom stereocenters. The topological polar surface area (TPSA) is 28.4 Å². The number of anilines is 1. The Bertz CT molecular complexity index is 520. The van der Waals surface area contributed by atoms with Gasteiger partial charge >= 0.3 is 0 Å². The summed E-state index contributed by atoms with van der Waals surface area (Å²) in [6.45, 7) is 5.64. The highest BCUT2D eigenvalue weighted by Gasteiger charge is 2.22. The van der Waals surface area contributed by atoms with Gasteiger partial charge in [-0.2, -0.15) is 0 Å². The normalized spacial score (nSPS) is 20.6. The summed E-state index contributed by atoms with van der Waals surface area (Å²) >= 11 is 0. The largest absolute Gasteiger partial charge is 0.462 e. The van der Waals surface area contributed by atoms with Crippen LogP contribution in [0, 0.1) is 0 Å². The number of nitrogens with one attached hydrogen (secondary N) is 1. The van der Waals surface area contributed by atoms with E-state index in [1.54, 1.807) is 6.26 Å². The number of hydrogen-bond donors (Lipinski definition) is 1. The molecule has 1 saturated heterocycles. The first-order chi connectivity index (χ1) is 8.88. The van der Waals surface area contributed by atoms with Crippen molar-refractivity contribution in [3.05, 3.63) is 30.5 Å². The Morgan fingerprint density at radius 2 is 2.33 bits per heavy atom. The summed E-state index contributed by atoms with van der Waals surface area (Å²) in [5.74, 6) is 0. The van der Waals surface area contributed by atoms with Gasteiger partial charge in [-0.05, 0) is 38.1 Å². The van der Waals surface area contributed by atoms with E-state index in [2.05, 4.69) is 35.3 Å². The van der Waals surface area contributed by atoms with Crippen LogP contribution >= 0.6 is 0 Å². The first-order valence-electron chi connectivity index (χ1n) is 6.82. The molecule has 2 aromatic rings. The minimum Gasteiger partial charge on any atom is -0.462 e. The predicted octanol–water partition coefficient (Wildman–Crippen LogP) is 3.33. The molecule has 1 aliphatic heterocycles. The van der Waals surface area contributed by atoms with E-state index in [4.69, 9.17) is 4.42 Å². The van der Waals surface area contributed by atoms with Crippen molar-refractivity contribution in [2.45, 2.75) is 25.8 Å². The van der Waals surface area contributed by atoms with E-state index in [1.165, 1.54) is 24.8 Å². The first kappa shape index (κ1) is 11.6. The maximum absolute atomic E-state index is 5.54. The average Bonchev–Trinajstić information content (AvgIpc) is 3.04. The number of para-hydroxylation sites is 1. The van der Waals surface area contributed by atoms with Crippen LogP contribution in [0.25, 0.3) is 11.0 Å². The molecular formula is C15H20N2O. The van der Waals surface area contributed by atoms with E-state index in [1.807, 2.05) is 6.07 Å². The van der Waals surface area contributed by atoms with Crippen molar-refractivity contribution in [3.8, 4) is 0 Å². The lowest BCUT2D eigenvalue weighted by Gasteiger charge is -2.23. The molecule has 0 radical (unpaired) electrons. The van der Waals surface area contributed by atoms with Gasteiger partial charge in [-0.15, -0.1) is 0 Å². The zero-order valence-corrected chi connectivity index (χ0v) is 10.9. The van der Waals surface area contributed by atoms with Gasteiger partial charge in [-0.3, -0.25) is 4.90 Å². The second-order valence-corrected chi connectivity index (χ2v) is 4.95. The number of fused-ring (bicyclic) bond motifs is 1. The lowest BCUT2D eigenvalue weighted by atomic mass is 10.2. The van der Waals surface area contributed by atoms with Crippen LogP contribution in [-0.4, -0.2) is 30.6 Å². The molecule has 1 N–H and O–H groups in total. The maximum atomic E-state index is 5.54. The van der Waals surface area contributed by atoms with Gasteiger partial charge in [0.2, 0.25) is 0 Å². The zero-order chi connectivity index (χ0) is 12.4. The fourth-order valence-electron chi connectivity index (χ4n) is 2.90. The molecule has 96 valence electrons. The molecule has 0 spiro atoms. The Morgan fingerprint density at radius 1 is 1.39 bits per heavy atom. The molecular weight excluding hydrogens is 224 g/mol. The second kappa shape index (κ2) is 5.02. The fourth-order valence-corrected chi connectivity index (χ4v) is 2.90. The summed E-state index contributed by atoms with van der Waals surface area (Å²) in [5.41, 5.74) is 2.08. The first-order valence-corrected chi connectivity index (χ1v) is 6.82. The third-order valence-corrected chi connectivity index (χ3v) is 3.91. The van der Waals surface area contributed by atoms with E-state index in [9.17, 15) is 0 Å². The van der Waals surface area contributed by atoms with Crippen LogP contribution in [0.4, 0.5) is 5.69 Å². The van der Waals surface area contributed by atoms with Crippen LogP contribution in [0.2, 0.25) is 0 Å². The molecule has 0 saturated carbocycles. The van der Waals surface area contributed by atoms with E-state index in [0.29, 0.717) is 6.04 Å². The van der Waals surface area contributed by atoms with Crippen molar-refractivity contribution in [2.75, 3.05) is 25.0 Å². The molecule has 18 heavy (non-hydrogen) atoms. The summed E-state index contributed by atoms with van der Waals surface area (Å²) in [4.78, 5) is 2.55. The van der Waals surface area contributed by atoms with Gasteiger partial charge in [0.1, 0.15) is 0 Å². The van der Waals surface area contributed by atoms with Gasteiger partial charge in [0, 0.05) is 18.0 Å². The van der Waals surface area contributed by atoms with Crippen LogP contribution in [0.5, 0.6) is 0 Å². The highest BCUT2D eigenvalue weighted by Crippen LogP contribution is 2.25. The Morgan fingerprint density at radius 3 is 3.22 bits per heavy atom. The summed E-state index contributed by atoms with van der Waals surface area (Å²) in [6.07, 6.45) is 4.38. The van der Waals surface area contributed by atoms with Crippen molar-refractivity contribution in [2.24, 2.45) is 0 Å². The lowest BCUT2D eigenvalue weighted by molar-refractivity contribution is 0.277. The molecule has 1 aromatic heterocycles. The van der Waals surface area contributed by atoms with Gasteiger partial charge in [0.25, 0.3) is 0 Å². The number of furan rings is 1. The molecule has 0 amide bonds. The summed E-state index contributed by atoms with van der Waals surface area (Å²) in [5, 5.41) is 4.71. The van der Waals surface area contributed by atoms with E-state index in [-0.39, 0.29) is 0 Å². The van der Waals surface area contributed by atoms with Crippen LogP contribution in [0.3, 0.4) is 0 Å². The Hall–Kier alpha value is -1.48. The van der Waals surface area contributed by atoms with Crippen LogP contribution in [-0.2, 0) is 0 Å². The number of nitrogens with zero attached hydrogens (tertiary/aromatic N) is 1. The zero-order valence-electron chi connectivity index (χ0n) is 10.9. The number of likely N-dealkylation sites (tertiary alicyclic amines) is 1. The summed E-state index contributed by atoms with van der Waals surface area (Å²) in [7, 11) is 0. The standard InChI is InChI=1S/C15H20N2O/c1-2-17-9-4-6-13(17)11-16-14-7-3-5-12-8-10-18-15(12)14/h3,5,7-8,10,13,16H,2,4,6,9,11H2,1H3/t13-/m1/s1. The van der Waals surface area contributed by atoms with Crippen molar-refractivity contribution < 1.29 is 4.42 Å². The molecule has 0 unspecified atom stereocenters. The Balaban J connectivity index is 1.71. The third kappa shape index (κ3) is 2.10. The van der Waals surface area contributed by atoms with Gasteiger partial charge in [-0.1, -0.05) is 19.1 Å². The van der Waals surface area contributed by atoms with Gasteiger partial charge in [-0.25, -0.2) is 0 Å². The summed E-state index contributed by atoms with van der Waals surface area (Å²) in [6, 6.07) is 8.93. The number of benzene rings is 1. The molecule has 3 nitrogen and oxygen atoms in total. The van der Waals surface area contributed by atoms with Crippen LogP contribution < -0.4 is 5.32 Å². The second-order valence-electron chi connectivity index (χ2n) is 4.95. The highest BCUT2D eigenvalue weighted by atomic mass is 16.3. The number of hydrogen-bond acceptors (Lipinski definition) is 3. The SMILES string of the molecule is CCN1CCC[C@@H]1CNc1cccc2ccoc12. The Labute approximate surface area is 108 Å². The van der Waals surface area contributed by atoms with E-state index >= 15 is 0 Å². The van der Waals surface area contributed by atoms with Crippen LogP contribution in [0.15, 0.2) is 34.9 Å². The Kier molecular flexibility index (Phi) is 3.24.